The average molecular weight is 708 g/mol. The first-order chi connectivity index (χ1) is 25.3. The molecule has 1 fully saturated rings. The van der Waals surface area contributed by atoms with E-state index in [1.165, 1.54) is 12.1 Å². The quantitative estimate of drug-likeness (QED) is 0.132. The van der Waals surface area contributed by atoms with Gasteiger partial charge in [-0.2, -0.15) is 5.10 Å². The lowest BCUT2D eigenvalue weighted by Gasteiger charge is -2.35. The number of aromatic amines is 1. The second-order valence-corrected chi connectivity index (χ2v) is 12.2. The van der Waals surface area contributed by atoms with Crippen LogP contribution in [0.1, 0.15) is 32.1 Å². The minimum Gasteiger partial charge on any atom is -0.397 e. The number of pyridine rings is 2. The van der Waals surface area contributed by atoms with Gasteiger partial charge >= 0.3 is 0 Å². The number of fused-ring (bicyclic) bond motifs is 1. The van der Waals surface area contributed by atoms with Crippen molar-refractivity contribution in [2.45, 2.75) is 6.42 Å². The molecular weight excluding hydrogens is 669 g/mol. The van der Waals surface area contributed by atoms with Crippen LogP contribution in [-0.4, -0.2) is 107 Å². The number of rotatable bonds is 13. The first kappa shape index (κ1) is 35.8. The smallest absolute Gasteiger partial charge is 0.272 e. The summed E-state index contributed by atoms with van der Waals surface area (Å²) in [4.78, 5) is 62.2. The van der Waals surface area contributed by atoms with Crippen LogP contribution < -0.4 is 21.9 Å². The van der Waals surface area contributed by atoms with E-state index in [1.807, 2.05) is 12.1 Å². The number of ether oxygens (including phenoxy) is 1. The number of benzene rings is 2. The summed E-state index contributed by atoms with van der Waals surface area (Å²) in [5.41, 5.74) is 8.99. The fourth-order valence-electron chi connectivity index (χ4n) is 5.91. The molecule has 3 amide bonds. The van der Waals surface area contributed by atoms with E-state index in [1.54, 1.807) is 64.8 Å². The third-order valence-corrected chi connectivity index (χ3v) is 8.69. The highest BCUT2D eigenvalue weighted by Gasteiger charge is 2.26. The minimum absolute atomic E-state index is 0.0523. The van der Waals surface area contributed by atoms with Crippen LogP contribution in [0.25, 0.3) is 21.9 Å². The number of nitrogen functional groups attached to an aromatic ring is 1. The first-order valence-electron chi connectivity index (χ1n) is 16.8. The number of nitrogens with one attached hydrogen (secondary N) is 3. The molecule has 1 saturated heterocycles. The van der Waals surface area contributed by atoms with Crippen LogP contribution in [0.3, 0.4) is 0 Å². The molecule has 0 atom stereocenters. The number of hydrogen-bond donors (Lipinski definition) is 4. The van der Waals surface area contributed by atoms with Crippen molar-refractivity contribution in [3.63, 3.8) is 0 Å². The number of nitrogens with zero attached hydrogens (tertiary/aromatic N) is 5. The summed E-state index contributed by atoms with van der Waals surface area (Å²) in [5, 5.41) is 13.7. The second-order valence-electron chi connectivity index (χ2n) is 12.2. The number of halogens is 1. The Morgan fingerprint density at radius 1 is 0.904 bits per heavy atom. The number of aromatic nitrogens is 4. The molecule has 15 heteroatoms. The molecule has 1 aliphatic heterocycles. The summed E-state index contributed by atoms with van der Waals surface area (Å²) >= 11 is 0. The molecule has 0 bridgehead atoms. The molecule has 6 rings (SSSR count). The lowest BCUT2D eigenvalue weighted by atomic mass is 10.0. The Morgan fingerprint density at radius 2 is 1.67 bits per heavy atom. The highest BCUT2D eigenvalue weighted by molar-refractivity contribution is 5.98. The van der Waals surface area contributed by atoms with Gasteiger partial charge in [-0.15, -0.1) is 0 Å². The molecule has 2 aromatic carbocycles. The molecule has 0 unspecified atom stereocenters. The van der Waals surface area contributed by atoms with Gasteiger partial charge in [0.05, 0.1) is 42.1 Å². The maximum absolute atomic E-state index is 14.9. The monoisotopic (exact) mass is 707 g/mol. The van der Waals surface area contributed by atoms with E-state index < -0.39 is 17.6 Å². The van der Waals surface area contributed by atoms with E-state index in [-0.39, 0.29) is 61.2 Å². The van der Waals surface area contributed by atoms with Gasteiger partial charge < -0.3 is 30.9 Å². The summed E-state index contributed by atoms with van der Waals surface area (Å²) in [6.07, 6.45) is 5.23. The minimum atomic E-state index is -0.631. The molecule has 5 aromatic rings. The molecule has 5 N–H and O–H groups in total. The van der Waals surface area contributed by atoms with E-state index in [9.17, 15) is 23.6 Å². The van der Waals surface area contributed by atoms with Crippen molar-refractivity contribution in [2.75, 3.05) is 64.8 Å². The van der Waals surface area contributed by atoms with E-state index >= 15 is 0 Å². The van der Waals surface area contributed by atoms with Crippen molar-refractivity contribution in [3.05, 3.63) is 118 Å². The predicted octanol–water partition coefficient (Wildman–Crippen LogP) is 2.01. The van der Waals surface area contributed by atoms with Crippen molar-refractivity contribution >= 4 is 34.2 Å². The Morgan fingerprint density at radius 3 is 2.44 bits per heavy atom. The Balaban J connectivity index is 0.882. The van der Waals surface area contributed by atoms with Gasteiger partial charge in [0.15, 0.2) is 5.69 Å². The Hall–Kier alpha value is -6.06. The summed E-state index contributed by atoms with van der Waals surface area (Å²) in [6, 6.07) is 16.8. The van der Waals surface area contributed by atoms with Gasteiger partial charge in [0.1, 0.15) is 5.82 Å². The lowest BCUT2D eigenvalue weighted by Crippen LogP contribution is -2.52. The molecule has 4 heterocycles. The fraction of sp³-hybridized carbons (Fsp3) is 0.270. The van der Waals surface area contributed by atoms with E-state index in [0.29, 0.717) is 54.7 Å². The fourth-order valence-corrected chi connectivity index (χ4v) is 5.91. The van der Waals surface area contributed by atoms with Crippen molar-refractivity contribution in [3.8, 4) is 11.1 Å². The topological polar surface area (TPSA) is 189 Å². The highest BCUT2D eigenvalue weighted by Crippen LogP contribution is 2.22. The molecular formula is C37H38FN9O5. The number of anilines is 1. The van der Waals surface area contributed by atoms with Crippen molar-refractivity contribution in [2.24, 2.45) is 0 Å². The zero-order valence-corrected chi connectivity index (χ0v) is 28.3. The highest BCUT2D eigenvalue weighted by atomic mass is 19.1. The second kappa shape index (κ2) is 16.8. The molecule has 268 valence electrons. The van der Waals surface area contributed by atoms with E-state index in [2.05, 4.69) is 30.8 Å². The number of carbonyl (C=O) groups is 3. The van der Waals surface area contributed by atoms with Crippen molar-refractivity contribution in [1.29, 1.82) is 0 Å². The predicted molar refractivity (Wildman–Crippen MR) is 192 cm³/mol. The van der Waals surface area contributed by atoms with Gasteiger partial charge in [-0.3, -0.25) is 24.2 Å². The zero-order chi connectivity index (χ0) is 36.5. The number of H-pyrrole nitrogens is 1. The van der Waals surface area contributed by atoms with Crippen LogP contribution in [-0.2, 0) is 16.0 Å². The van der Waals surface area contributed by atoms with Crippen molar-refractivity contribution in [1.82, 2.24) is 40.6 Å². The van der Waals surface area contributed by atoms with E-state index in [4.69, 9.17) is 10.5 Å². The Labute approximate surface area is 298 Å². The van der Waals surface area contributed by atoms with Crippen LogP contribution in [0.15, 0.2) is 84.0 Å². The summed E-state index contributed by atoms with van der Waals surface area (Å²) < 4.78 is 20.4. The number of amides is 3. The normalized spacial score (nSPS) is 12.9. The Kier molecular flexibility index (Phi) is 11.5. The maximum Gasteiger partial charge on any atom is 0.272 e. The van der Waals surface area contributed by atoms with Crippen LogP contribution >= 0.6 is 0 Å². The van der Waals surface area contributed by atoms with Crippen LogP contribution in [0, 0.1) is 5.82 Å². The molecule has 3 aromatic heterocycles. The van der Waals surface area contributed by atoms with Gasteiger partial charge in [0.25, 0.3) is 17.4 Å². The molecule has 0 spiro atoms. The molecule has 1 aliphatic rings. The number of carbonyl (C=O) groups excluding carboxylic acids is 3. The molecule has 0 saturated carbocycles. The number of hydrogen-bond acceptors (Lipinski definition) is 10. The van der Waals surface area contributed by atoms with Gasteiger partial charge in [0.2, 0.25) is 5.91 Å². The van der Waals surface area contributed by atoms with Gasteiger partial charge in [-0.25, -0.2) is 14.5 Å². The van der Waals surface area contributed by atoms with Crippen LogP contribution in [0.5, 0.6) is 0 Å². The van der Waals surface area contributed by atoms with Crippen LogP contribution in [0.2, 0.25) is 0 Å². The molecule has 14 nitrogen and oxygen atoms in total. The lowest BCUT2D eigenvalue weighted by molar-refractivity contribution is -0.131. The van der Waals surface area contributed by atoms with Gasteiger partial charge in [0, 0.05) is 80.8 Å². The SMILES string of the molecule is Nc1cc(-c2cccnc2)cnc1C(=O)NCCOCCNCC(=O)N1CCN(C(=O)c2cc(Cc3n[nH]c(=O)c4ccccc34)ccc2F)CC1. The summed E-state index contributed by atoms with van der Waals surface area (Å²) in [7, 11) is 0. The maximum atomic E-state index is 14.9. The van der Waals surface area contributed by atoms with Gasteiger partial charge in [-0.1, -0.05) is 30.3 Å². The molecule has 0 radical (unpaired) electrons. The molecule has 0 aliphatic carbocycles. The number of nitrogens with two attached hydrogens (primary N) is 1. The van der Waals surface area contributed by atoms with Crippen molar-refractivity contribution < 1.29 is 23.5 Å². The van der Waals surface area contributed by atoms with Crippen LogP contribution in [0.4, 0.5) is 10.1 Å². The zero-order valence-electron chi connectivity index (χ0n) is 28.3. The number of piperazine rings is 1. The third kappa shape index (κ3) is 8.62. The first-order valence-corrected chi connectivity index (χ1v) is 16.8. The summed E-state index contributed by atoms with van der Waals surface area (Å²) in [5.74, 6) is -1.60. The standard InChI is InChI=1S/C37H38FN9O5/c38-30-8-7-24(19-32-27-5-1-2-6-28(27)35(49)45-44-32)18-29(30)37(51)47-14-12-46(13-15-47)33(48)23-41-10-16-52-17-11-42-36(50)34-31(39)20-26(22-43-34)25-4-3-9-40-21-25/h1-9,18,20-22,41H,10-17,19,23,39H2,(H,42,50)(H,45,49). The van der Waals surface area contributed by atoms with E-state index in [0.717, 1.165) is 11.1 Å². The molecule has 52 heavy (non-hydrogen) atoms. The third-order valence-electron chi connectivity index (χ3n) is 8.69. The largest absolute Gasteiger partial charge is 0.397 e. The summed E-state index contributed by atoms with van der Waals surface area (Å²) in [6.45, 7) is 2.53. The van der Waals surface area contributed by atoms with Gasteiger partial charge in [-0.05, 0) is 35.9 Å². The average Bonchev–Trinajstić information content (AvgIpc) is 3.17. The Bertz CT molecular complexity index is 2120.